The summed E-state index contributed by atoms with van der Waals surface area (Å²) >= 11 is 0. The molecule has 3 fully saturated rings. The Kier molecular flexibility index (Phi) is 14.9. The quantitative estimate of drug-likeness (QED) is 0.0656. The van der Waals surface area contributed by atoms with E-state index in [2.05, 4.69) is 17.2 Å². The van der Waals surface area contributed by atoms with Crippen LogP contribution in [0.2, 0.25) is 0 Å². The van der Waals surface area contributed by atoms with Gasteiger partial charge in [0.2, 0.25) is 12.2 Å². The van der Waals surface area contributed by atoms with Crippen LogP contribution in [0.5, 0.6) is 11.5 Å². The van der Waals surface area contributed by atoms with Gasteiger partial charge in [0.25, 0.3) is 11.8 Å². The summed E-state index contributed by atoms with van der Waals surface area (Å²) in [6.07, 6.45) is -5.54. The summed E-state index contributed by atoms with van der Waals surface area (Å²) in [7, 11) is 1.65. The van der Waals surface area contributed by atoms with E-state index >= 15 is 0 Å². The summed E-state index contributed by atoms with van der Waals surface area (Å²) in [5, 5.41) is 47.1. The minimum Gasteiger partial charge on any atom is -0.490 e. The van der Waals surface area contributed by atoms with E-state index in [1.807, 2.05) is 0 Å². The van der Waals surface area contributed by atoms with Crippen molar-refractivity contribution in [2.24, 2.45) is 7.05 Å². The molecule has 7 rings (SSSR count). The van der Waals surface area contributed by atoms with Crippen LogP contribution in [0.15, 0.2) is 61.3 Å². The molecule has 3 aromatic rings. The van der Waals surface area contributed by atoms with Gasteiger partial charge in [-0.25, -0.2) is 14.5 Å². The number of aliphatic hydroxyl groups is 3. The Morgan fingerprint density at radius 2 is 1.72 bits per heavy atom. The number of hydrogen-bond donors (Lipinski definition) is 7. The predicted octanol–water partition coefficient (Wildman–Crippen LogP) is 2.93. The highest BCUT2D eigenvalue weighted by atomic mass is 16.7. The van der Waals surface area contributed by atoms with Crippen molar-refractivity contribution in [3.63, 3.8) is 0 Å². The van der Waals surface area contributed by atoms with Gasteiger partial charge in [0.1, 0.15) is 30.6 Å². The van der Waals surface area contributed by atoms with E-state index in [1.165, 1.54) is 29.2 Å². The van der Waals surface area contributed by atoms with E-state index in [9.17, 15) is 44.4 Å². The number of anilines is 4. The number of aliphatic carboxylic acids is 1. The highest BCUT2D eigenvalue weighted by molar-refractivity contribution is 6.06. The molecule has 4 amide bonds. The van der Waals surface area contributed by atoms with Crippen molar-refractivity contribution in [2.75, 3.05) is 47.6 Å². The van der Waals surface area contributed by atoms with Crippen LogP contribution in [0.3, 0.4) is 0 Å². The molecule has 5 heterocycles. The molecule has 65 heavy (non-hydrogen) atoms. The minimum absolute atomic E-state index is 0.00339. The summed E-state index contributed by atoms with van der Waals surface area (Å²) < 4.78 is 37.3. The van der Waals surface area contributed by atoms with Crippen LogP contribution in [0.1, 0.15) is 72.2 Å². The molecule has 0 bridgehead atoms. The van der Waals surface area contributed by atoms with Crippen molar-refractivity contribution in [3.8, 4) is 11.5 Å². The molecule has 8 N–H and O–H groups in total. The highest BCUT2D eigenvalue weighted by Crippen LogP contribution is 2.43. The summed E-state index contributed by atoms with van der Waals surface area (Å²) in [5.41, 5.74) is 7.38. The number of nitrogens with two attached hydrogens (primary N) is 1. The van der Waals surface area contributed by atoms with Crippen molar-refractivity contribution in [1.29, 1.82) is 0 Å². The lowest BCUT2D eigenvalue weighted by atomic mass is 9.99. The average molecular weight is 907 g/mol. The van der Waals surface area contributed by atoms with Crippen LogP contribution in [-0.2, 0) is 35.6 Å². The lowest BCUT2D eigenvalue weighted by Gasteiger charge is -2.42. The largest absolute Gasteiger partial charge is 0.490 e. The second-order valence-corrected chi connectivity index (χ2v) is 16.1. The molecule has 1 aromatic heterocycles. The predicted molar refractivity (Wildman–Crippen MR) is 230 cm³/mol. The number of ether oxygens (including phenoxy) is 6. The maximum atomic E-state index is 14.6. The lowest BCUT2D eigenvalue weighted by Crippen LogP contribution is -2.61. The summed E-state index contributed by atoms with van der Waals surface area (Å²) in [5.74, 6) is -3.40. The maximum Gasteiger partial charge on any atom is 0.416 e. The third-order valence-corrected chi connectivity index (χ3v) is 11.4. The molecular formula is C44H54N6O15. The van der Waals surface area contributed by atoms with Crippen LogP contribution >= 0.6 is 0 Å². The number of rotatable bonds is 15. The molecule has 0 aliphatic carbocycles. The number of nitrogen functional groups attached to an aromatic ring is 1. The number of nitrogens with one attached hydrogen (secondary N) is 2. The SMILES string of the molecule is C=CCOC(=O)N1c2cc(OCCCC(=O)Nc3cc(C(=O)Nc4ccc(N)cc4)n(C)c3)c(O[C@@H]3O[C@H](C(=O)O)[C@@H](O)[C@H](O)[C@H]3O)cc2C(=O)N2CCCC[C@H]2C1OC1CCCCO1. The molecule has 2 aromatic carbocycles. The first-order valence-electron chi connectivity index (χ1n) is 21.4. The van der Waals surface area contributed by atoms with Crippen LogP contribution in [0.25, 0.3) is 0 Å². The topological polar surface area (TPSA) is 283 Å². The molecule has 0 saturated carbocycles. The molecule has 2 unspecified atom stereocenters. The third-order valence-electron chi connectivity index (χ3n) is 11.4. The Morgan fingerprint density at radius 3 is 2.45 bits per heavy atom. The van der Waals surface area contributed by atoms with Gasteiger partial charge in [-0.1, -0.05) is 12.7 Å². The number of carbonyl (C=O) groups is 5. The maximum absolute atomic E-state index is 14.6. The Labute approximate surface area is 373 Å². The lowest BCUT2D eigenvalue weighted by molar-refractivity contribution is -0.271. The van der Waals surface area contributed by atoms with Crippen molar-refractivity contribution >= 4 is 52.5 Å². The van der Waals surface area contributed by atoms with Gasteiger partial charge in [-0.2, -0.15) is 0 Å². The number of carbonyl (C=O) groups excluding carboxylic acids is 4. The number of piperidine rings is 1. The summed E-state index contributed by atoms with van der Waals surface area (Å²) in [6.45, 7) is 4.07. The van der Waals surface area contributed by atoms with E-state index in [0.717, 1.165) is 19.3 Å². The second-order valence-electron chi connectivity index (χ2n) is 16.1. The summed E-state index contributed by atoms with van der Waals surface area (Å²) in [4.78, 5) is 69.7. The zero-order valence-electron chi connectivity index (χ0n) is 35.7. The second kappa shape index (κ2) is 20.7. The zero-order valence-corrected chi connectivity index (χ0v) is 35.7. The van der Waals surface area contributed by atoms with Crippen LogP contribution in [0.4, 0.5) is 27.5 Å². The Hall–Kier alpha value is -6.23. The van der Waals surface area contributed by atoms with Crippen LogP contribution in [-0.4, -0.2) is 135 Å². The molecule has 21 heteroatoms. The number of nitrogens with zero attached hydrogens (tertiary/aromatic N) is 3. The van der Waals surface area contributed by atoms with E-state index in [0.29, 0.717) is 49.5 Å². The Bertz CT molecular complexity index is 2230. The fourth-order valence-electron chi connectivity index (χ4n) is 8.16. The number of amides is 4. The normalized spacial score (nSPS) is 25.3. The van der Waals surface area contributed by atoms with Gasteiger partial charge in [-0.3, -0.25) is 14.4 Å². The molecule has 0 radical (unpaired) electrons. The Balaban J connectivity index is 1.16. The summed E-state index contributed by atoms with van der Waals surface area (Å²) in [6, 6.07) is 10.1. The van der Waals surface area contributed by atoms with Crippen molar-refractivity contribution < 1.29 is 72.8 Å². The van der Waals surface area contributed by atoms with Crippen LogP contribution < -0.4 is 30.7 Å². The fraction of sp³-hybridized carbons (Fsp3) is 0.477. The Morgan fingerprint density at radius 1 is 0.954 bits per heavy atom. The van der Waals surface area contributed by atoms with Crippen molar-refractivity contribution in [1.82, 2.24) is 9.47 Å². The zero-order chi connectivity index (χ0) is 46.4. The van der Waals surface area contributed by atoms with E-state index < -0.39 is 79.0 Å². The average Bonchev–Trinajstić information content (AvgIpc) is 3.63. The number of benzene rings is 2. The molecule has 21 nitrogen and oxygen atoms in total. The number of fused-ring (bicyclic) bond motifs is 2. The number of aliphatic hydroxyl groups excluding tert-OH is 3. The molecule has 4 aliphatic heterocycles. The van der Waals surface area contributed by atoms with Gasteiger partial charge in [-0.15, -0.1) is 0 Å². The minimum atomic E-state index is -2.01. The van der Waals surface area contributed by atoms with E-state index in [1.54, 1.807) is 47.0 Å². The number of hydrogen-bond acceptors (Lipinski definition) is 15. The van der Waals surface area contributed by atoms with Crippen molar-refractivity contribution in [2.45, 2.75) is 101 Å². The highest BCUT2D eigenvalue weighted by Gasteiger charge is 2.50. The molecule has 3 saturated heterocycles. The van der Waals surface area contributed by atoms with Gasteiger partial charge in [0.05, 0.1) is 29.6 Å². The first-order valence-corrected chi connectivity index (χ1v) is 21.4. The smallest absolute Gasteiger partial charge is 0.416 e. The number of aromatic nitrogens is 1. The van der Waals surface area contributed by atoms with Gasteiger partial charge >= 0.3 is 12.1 Å². The van der Waals surface area contributed by atoms with Crippen molar-refractivity contribution in [3.05, 3.63) is 72.6 Å². The molecule has 8 atom stereocenters. The first kappa shape index (κ1) is 46.8. The van der Waals surface area contributed by atoms with E-state index in [-0.39, 0.29) is 54.5 Å². The van der Waals surface area contributed by atoms with Crippen LogP contribution in [0, 0.1) is 0 Å². The monoisotopic (exact) mass is 906 g/mol. The van der Waals surface area contributed by atoms with Gasteiger partial charge < -0.3 is 74.7 Å². The number of carboxylic acids is 1. The number of carboxylic acid groups (broad SMARTS) is 1. The number of aryl methyl sites for hydroxylation is 1. The third kappa shape index (κ3) is 10.7. The first-order chi connectivity index (χ1) is 31.2. The fourth-order valence-corrected chi connectivity index (χ4v) is 8.16. The van der Waals surface area contributed by atoms with E-state index in [4.69, 9.17) is 34.2 Å². The molecule has 4 aliphatic rings. The van der Waals surface area contributed by atoms with Gasteiger partial charge in [0.15, 0.2) is 30.1 Å². The molecule has 350 valence electrons. The molecule has 0 spiro atoms. The van der Waals surface area contributed by atoms with Gasteiger partial charge in [0, 0.05) is 50.3 Å². The van der Waals surface area contributed by atoms with Gasteiger partial charge in [-0.05, 0) is 81.3 Å². The molecular weight excluding hydrogens is 853 g/mol. The standard InChI is InChI=1S/C44H54N6O15/c1-3-17-62-44(59)50-29-22-31(60-19-8-10-33(51)46-26-20-30(48(2)23-26)39(55)47-25-14-12-24(45)13-15-25)32(63-43-37(54)35(52)36(53)38(65-43)42(57)58)21-27(29)40(56)49-16-6-4-9-28(49)41(50)64-34-11-5-7-18-61-34/h3,12-15,20-23,28,34-38,41,43,52-54H,1,4-11,16-19,45H2,2H3,(H,46,51)(H,47,55)(H,57,58)/t28-,34?,35-,36-,37+,38-,41?,43+/m0/s1.